The molecule has 162 valence electrons. The fourth-order valence-electron chi connectivity index (χ4n) is 4.53. The zero-order valence-corrected chi connectivity index (χ0v) is 19.7. The Balaban J connectivity index is 1.66. The first kappa shape index (κ1) is 21.1. The minimum Gasteiger partial charge on any atom is -0.304 e. The molecule has 3 aromatic rings. The van der Waals surface area contributed by atoms with Gasteiger partial charge in [0.05, 0.1) is 17.5 Å². The van der Waals surface area contributed by atoms with Crippen LogP contribution in [-0.2, 0) is 21.0 Å². The first-order chi connectivity index (χ1) is 15.3. The number of halogens is 1. The SMILES string of the molecule is Cc1ccc(N2C(=O)[C@H](C)S[C@]23C(=O)N(Cc2ccc(Cl)cc2)c2ccccc23)cc1C. The van der Waals surface area contributed by atoms with Crippen molar-refractivity contribution in [3.63, 3.8) is 0 Å². The minimum absolute atomic E-state index is 0.0465. The van der Waals surface area contributed by atoms with E-state index in [-0.39, 0.29) is 17.1 Å². The van der Waals surface area contributed by atoms with Gasteiger partial charge in [0.25, 0.3) is 5.91 Å². The van der Waals surface area contributed by atoms with Crippen molar-refractivity contribution in [3.8, 4) is 0 Å². The molecule has 0 unspecified atom stereocenters. The summed E-state index contributed by atoms with van der Waals surface area (Å²) in [5, 5.41) is 0.328. The standard InChI is InChI=1S/C26H23ClN2O2S/c1-16-8-13-21(14-17(16)2)29-24(30)18(3)32-26(29)22-6-4-5-7-23(22)28(25(26)31)15-19-9-11-20(27)12-10-19/h4-14,18H,15H2,1-3H3/t18-,26+/m0/s1. The number of carbonyl (C=O) groups excluding carboxylic acids is 2. The molecule has 0 saturated carbocycles. The van der Waals surface area contributed by atoms with Crippen molar-refractivity contribution in [2.45, 2.75) is 37.4 Å². The number of hydrogen-bond donors (Lipinski definition) is 0. The summed E-state index contributed by atoms with van der Waals surface area (Å²) in [6.07, 6.45) is 0. The zero-order chi connectivity index (χ0) is 22.6. The second-order valence-corrected chi connectivity index (χ2v) is 10.4. The van der Waals surface area contributed by atoms with E-state index in [0.29, 0.717) is 11.6 Å². The van der Waals surface area contributed by atoms with Gasteiger partial charge in [0.2, 0.25) is 10.8 Å². The summed E-state index contributed by atoms with van der Waals surface area (Å²) in [6.45, 7) is 6.37. The van der Waals surface area contributed by atoms with Crippen molar-refractivity contribution < 1.29 is 9.59 Å². The Labute approximate surface area is 197 Å². The van der Waals surface area contributed by atoms with Gasteiger partial charge in [0, 0.05) is 16.3 Å². The van der Waals surface area contributed by atoms with Crippen LogP contribution in [0.4, 0.5) is 11.4 Å². The number of aryl methyl sites for hydroxylation is 2. The molecule has 1 saturated heterocycles. The van der Waals surface area contributed by atoms with E-state index in [2.05, 4.69) is 0 Å². The number of rotatable bonds is 3. The smallest absolute Gasteiger partial charge is 0.269 e. The third-order valence-corrected chi connectivity index (χ3v) is 8.05. The van der Waals surface area contributed by atoms with Crippen molar-refractivity contribution in [1.29, 1.82) is 0 Å². The molecule has 2 atom stereocenters. The van der Waals surface area contributed by atoms with Crippen molar-refractivity contribution in [2.75, 3.05) is 9.80 Å². The molecule has 0 radical (unpaired) electrons. The van der Waals surface area contributed by atoms with Crippen molar-refractivity contribution in [1.82, 2.24) is 0 Å². The Hall–Kier alpha value is -2.76. The molecule has 2 aliphatic heterocycles. The number of hydrogen-bond acceptors (Lipinski definition) is 3. The maximum absolute atomic E-state index is 14.2. The lowest BCUT2D eigenvalue weighted by Crippen LogP contribution is -2.49. The number of anilines is 2. The normalized spacial score (nSPS) is 22.2. The van der Waals surface area contributed by atoms with E-state index < -0.39 is 4.87 Å². The van der Waals surface area contributed by atoms with Crippen molar-refractivity contribution in [2.24, 2.45) is 0 Å². The second-order valence-electron chi connectivity index (χ2n) is 8.38. The number of fused-ring (bicyclic) bond motifs is 2. The Kier molecular flexibility index (Phi) is 5.06. The predicted octanol–water partition coefficient (Wildman–Crippen LogP) is 5.82. The summed E-state index contributed by atoms with van der Waals surface area (Å²) in [7, 11) is 0. The Morgan fingerprint density at radius 3 is 2.41 bits per heavy atom. The average Bonchev–Trinajstić information content (AvgIpc) is 3.18. The van der Waals surface area contributed by atoms with Crippen LogP contribution in [0.2, 0.25) is 5.02 Å². The number of benzene rings is 3. The summed E-state index contributed by atoms with van der Waals surface area (Å²) in [5.74, 6) is -0.135. The average molecular weight is 463 g/mol. The highest BCUT2D eigenvalue weighted by Gasteiger charge is 2.63. The maximum Gasteiger partial charge on any atom is 0.269 e. The molecule has 32 heavy (non-hydrogen) atoms. The van der Waals surface area contributed by atoms with Crippen LogP contribution in [0, 0.1) is 13.8 Å². The van der Waals surface area contributed by atoms with Gasteiger partial charge < -0.3 is 4.90 Å². The Morgan fingerprint density at radius 2 is 1.69 bits per heavy atom. The molecule has 2 heterocycles. The number of thioether (sulfide) groups is 1. The van der Waals surface area contributed by atoms with Crippen molar-refractivity contribution in [3.05, 3.63) is 94.0 Å². The van der Waals surface area contributed by atoms with E-state index in [1.807, 2.05) is 87.5 Å². The first-order valence-electron chi connectivity index (χ1n) is 10.6. The Morgan fingerprint density at radius 1 is 0.969 bits per heavy atom. The number of amides is 2. The van der Waals surface area contributed by atoms with E-state index in [4.69, 9.17) is 11.6 Å². The van der Waals surface area contributed by atoms with Crippen LogP contribution < -0.4 is 9.80 Å². The third-order valence-electron chi connectivity index (χ3n) is 6.33. The summed E-state index contributed by atoms with van der Waals surface area (Å²) in [6, 6.07) is 21.3. The van der Waals surface area contributed by atoms with E-state index in [9.17, 15) is 9.59 Å². The number of para-hydroxylation sites is 1. The molecule has 2 aliphatic rings. The first-order valence-corrected chi connectivity index (χ1v) is 11.8. The fourth-order valence-corrected chi connectivity index (χ4v) is 6.19. The lowest BCUT2D eigenvalue weighted by molar-refractivity contribution is -0.124. The largest absolute Gasteiger partial charge is 0.304 e. The summed E-state index contributed by atoms with van der Waals surface area (Å²) >= 11 is 7.48. The molecule has 5 rings (SSSR count). The van der Waals surface area contributed by atoms with E-state index in [0.717, 1.165) is 33.6 Å². The summed E-state index contributed by atoms with van der Waals surface area (Å²) < 4.78 is 0. The molecular formula is C26H23ClN2O2S. The van der Waals surface area contributed by atoms with Crippen LogP contribution in [0.5, 0.6) is 0 Å². The molecule has 0 aliphatic carbocycles. The highest BCUT2D eigenvalue weighted by Crippen LogP contribution is 2.58. The topological polar surface area (TPSA) is 40.6 Å². The van der Waals surface area contributed by atoms with Gasteiger partial charge in [-0.05, 0) is 67.8 Å². The van der Waals surface area contributed by atoms with Gasteiger partial charge in [-0.1, -0.05) is 48.0 Å². The van der Waals surface area contributed by atoms with Crippen LogP contribution in [-0.4, -0.2) is 17.1 Å². The minimum atomic E-state index is -1.11. The molecule has 3 aromatic carbocycles. The predicted molar refractivity (Wildman–Crippen MR) is 131 cm³/mol. The molecule has 4 nitrogen and oxygen atoms in total. The van der Waals surface area contributed by atoms with Gasteiger partial charge in [0.15, 0.2) is 0 Å². The van der Waals surface area contributed by atoms with Crippen LogP contribution in [0.3, 0.4) is 0 Å². The van der Waals surface area contributed by atoms with Crippen LogP contribution in [0.1, 0.15) is 29.2 Å². The van der Waals surface area contributed by atoms with Crippen LogP contribution in [0.15, 0.2) is 66.7 Å². The van der Waals surface area contributed by atoms with Gasteiger partial charge in [-0.2, -0.15) is 0 Å². The van der Waals surface area contributed by atoms with Gasteiger partial charge in [-0.3, -0.25) is 14.5 Å². The molecule has 0 aromatic heterocycles. The molecular weight excluding hydrogens is 440 g/mol. The molecule has 1 fully saturated rings. The molecule has 6 heteroatoms. The lowest BCUT2D eigenvalue weighted by Gasteiger charge is -2.33. The van der Waals surface area contributed by atoms with Crippen molar-refractivity contribution >= 4 is 46.6 Å². The summed E-state index contributed by atoms with van der Waals surface area (Å²) in [5.41, 5.74) is 5.68. The molecule has 0 bridgehead atoms. The van der Waals surface area contributed by atoms with Gasteiger partial charge in [-0.25, -0.2) is 0 Å². The van der Waals surface area contributed by atoms with Gasteiger partial charge in [-0.15, -0.1) is 11.8 Å². The van der Waals surface area contributed by atoms with Crippen LogP contribution >= 0.6 is 23.4 Å². The van der Waals surface area contributed by atoms with Gasteiger partial charge in [0.1, 0.15) is 0 Å². The quantitative estimate of drug-likeness (QED) is 0.492. The maximum atomic E-state index is 14.2. The third kappa shape index (κ3) is 3.06. The highest BCUT2D eigenvalue weighted by atomic mass is 35.5. The monoisotopic (exact) mass is 462 g/mol. The number of nitrogens with zero attached hydrogens (tertiary/aromatic N) is 2. The van der Waals surface area contributed by atoms with Gasteiger partial charge >= 0.3 is 0 Å². The molecule has 2 amide bonds. The molecule has 1 spiro atoms. The fraction of sp³-hybridized carbons (Fsp3) is 0.231. The summed E-state index contributed by atoms with van der Waals surface area (Å²) in [4.78, 5) is 30.0. The lowest BCUT2D eigenvalue weighted by atomic mass is 10.0. The number of carbonyl (C=O) groups is 2. The highest BCUT2D eigenvalue weighted by molar-refractivity contribution is 8.03. The Bertz CT molecular complexity index is 1240. The second kappa shape index (κ2) is 7.68. The molecule has 0 N–H and O–H groups in total. The zero-order valence-electron chi connectivity index (χ0n) is 18.1. The van der Waals surface area contributed by atoms with E-state index >= 15 is 0 Å². The van der Waals surface area contributed by atoms with Crippen LogP contribution in [0.25, 0.3) is 0 Å². The van der Waals surface area contributed by atoms with E-state index in [1.54, 1.807) is 9.80 Å². The van der Waals surface area contributed by atoms with E-state index in [1.165, 1.54) is 11.8 Å².